The molecule has 2 aromatic carbocycles. The van der Waals surface area contributed by atoms with Crippen LogP contribution in [0, 0.1) is 11.8 Å². The van der Waals surface area contributed by atoms with E-state index < -0.39 is 29.1 Å². The van der Waals surface area contributed by atoms with Crippen molar-refractivity contribution >= 4 is 34.2 Å². The predicted octanol–water partition coefficient (Wildman–Crippen LogP) is 2.06. The van der Waals surface area contributed by atoms with Crippen molar-refractivity contribution in [2.75, 3.05) is 25.5 Å². The highest BCUT2D eigenvalue weighted by Gasteiger charge is 2.78. The fourth-order valence-electron chi connectivity index (χ4n) is 6.53. The van der Waals surface area contributed by atoms with Gasteiger partial charge in [-0.15, -0.1) is 0 Å². The third kappa shape index (κ3) is 3.15. The van der Waals surface area contributed by atoms with Gasteiger partial charge in [0, 0.05) is 25.9 Å². The maximum absolute atomic E-state index is 13.8. The van der Waals surface area contributed by atoms with Crippen LogP contribution in [0.2, 0.25) is 0 Å². The molecule has 3 aliphatic rings. The Bertz CT molecular complexity index is 1150. The molecule has 3 aliphatic heterocycles. The second-order valence-electron chi connectivity index (χ2n) is 9.61. The van der Waals surface area contributed by atoms with E-state index in [1.165, 1.54) is 4.90 Å². The highest BCUT2D eigenvalue weighted by atomic mass is 16.5. The summed E-state index contributed by atoms with van der Waals surface area (Å²) in [5.74, 6) is -2.14. The molecule has 0 saturated carbocycles. The van der Waals surface area contributed by atoms with Gasteiger partial charge in [-0.1, -0.05) is 37.3 Å². The van der Waals surface area contributed by atoms with Crippen molar-refractivity contribution in [3.63, 3.8) is 0 Å². The maximum atomic E-state index is 13.8. The number of aliphatic hydroxyl groups excluding tert-OH is 1. The molecule has 8 heteroatoms. The van der Waals surface area contributed by atoms with Gasteiger partial charge in [-0.3, -0.25) is 14.4 Å². The molecule has 3 heterocycles. The SMILES string of the molecule is CC[C@]12CCC3(O1)C(C(=O)Nc1ccc4ccccc4c1)N(CCCO)C(=O)[C@@H]3[C@H]2C(=O)NC. The summed E-state index contributed by atoms with van der Waals surface area (Å²) >= 11 is 0. The highest BCUT2D eigenvalue weighted by Crippen LogP contribution is 2.64. The van der Waals surface area contributed by atoms with Crippen LogP contribution in [0.1, 0.15) is 32.6 Å². The van der Waals surface area contributed by atoms with E-state index >= 15 is 0 Å². The number of fused-ring (bicyclic) bond motifs is 2. The summed E-state index contributed by atoms with van der Waals surface area (Å²) in [5, 5.41) is 17.2. The standard InChI is InChI=1S/C26H31N3O5/c1-3-25-11-12-26(34-25)20(19(25)22(31)27-2)24(33)29(13-6-14-30)21(26)23(32)28-18-10-9-16-7-4-5-8-17(16)15-18/h4-5,7-10,15,19-21,30H,3,6,11-14H2,1-2H3,(H,27,31)(H,28,32)/t19-,20-,21?,25+,26?/m0/s1. The van der Waals surface area contributed by atoms with Crippen LogP contribution < -0.4 is 10.6 Å². The Morgan fingerprint density at radius 1 is 1.15 bits per heavy atom. The first kappa shape index (κ1) is 22.8. The van der Waals surface area contributed by atoms with Crippen LogP contribution in [0.25, 0.3) is 10.8 Å². The Hall–Kier alpha value is -2.97. The topological polar surface area (TPSA) is 108 Å². The fraction of sp³-hybridized carbons (Fsp3) is 0.500. The van der Waals surface area contributed by atoms with Gasteiger partial charge in [0.2, 0.25) is 17.7 Å². The van der Waals surface area contributed by atoms with E-state index in [1.54, 1.807) is 7.05 Å². The lowest BCUT2D eigenvalue weighted by Gasteiger charge is -2.33. The Morgan fingerprint density at radius 2 is 1.91 bits per heavy atom. The lowest BCUT2D eigenvalue weighted by molar-refractivity contribution is -0.146. The van der Waals surface area contributed by atoms with E-state index in [0.717, 1.165) is 10.8 Å². The number of rotatable bonds is 7. The molecule has 2 aromatic rings. The van der Waals surface area contributed by atoms with Crippen LogP contribution in [0.5, 0.6) is 0 Å². The van der Waals surface area contributed by atoms with Gasteiger partial charge in [-0.25, -0.2) is 0 Å². The molecule has 0 aromatic heterocycles. The van der Waals surface area contributed by atoms with Gasteiger partial charge in [0.25, 0.3) is 0 Å². The summed E-state index contributed by atoms with van der Waals surface area (Å²) in [6, 6.07) is 12.7. The molecular weight excluding hydrogens is 434 g/mol. The molecule has 180 valence electrons. The Kier molecular flexibility index (Phi) is 5.61. The second-order valence-corrected chi connectivity index (χ2v) is 9.61. The number of aliphatic hydroxyl groups is 1. The molecule has 34 heavy (non-hydrogen) atoms. The molecular formula is C26H31N3O5. The van der Waals surface area contributed by atoms with Crippen molar-refractivity contribution in [1.82, 2.24) is 10.2 Å². The number of ether oxygens (including phenoxy) is 1. The largest absolute Gasteiger partial charge is 0.396 e. The average Bonchev–Trinajstić information content (AvgIpc) is 3.45. The van der Waals surface area contributed by atoms with Crippen LogP contribution >= 0.6 is 0 Å². The Balaban J connectivity index is 1.53. The first-order valence-corrected chi connectivity index (χ1v) is 12.0. The lowest BCUT2D eigenvalue weighted by atomic mass is 9.65. The first-order chi connectivity index (χ1) is 16.4. The van der Waals surface area contributed by atoms with E-state index in [-0.39, 0.29) is 30.9 Å². The summed E-state index contributed by atoms with van der Waals surface area (Å²) in [6.45, 7) is 2.10. The predicted molar refractivity (Wildman–Crippen MR) is 127 cm³/mol. The molecule has 1 spiro atoms. The van der Waals surface area contributed by atoms with Crippen molar-refractivity contribution in [2.45, 2.75) is 49.9 Å². The Labute approximate surface area is 198 Å². The lowest BCUT2D eigenvalue weighted by Crippen LogP contribution is -2.53. The molecule has 3 saturated heterocycles. The van der Waals surface area contributed by atoms with Crippen molar-refractivity contribution in [3.8, 4) is 0 Å². The minimum atomic E-state index is -1.05. The number of hydrogen-bond acceptors (Lipinski definition) is 5. The van der Waals surface area contributed by atoms with E-state index in [4.69, 9.17) is 4.74 Å². The number of anilines is 1. The van der Waals surface area contributed by atoms with Crippen molar-refractivity contribution in [2.24, 2.45) is 11.8 Å². The smallest absolute Gasteiger partial charge is 0.250 e. The Morgan fingerprint density at radius 3 is 2.62 bits per heavy atom. The highest BCUT2D eigenvalue weighted by molar-refractivity contribution is 6.04. The quantitative estimate of drug-likeness (QED) is 0.580. The zero-order valence-electron chi connectivity index (χ0n) is 19.5. The van der Waals surface area contributed by atoms with Crippen LogP contribution in [0.4, 0.5) is 5.69 Å². The summed E-state index contributed by atoms with van der Waals surface area (Å²) in [6.07, 6.45) is 2.10. The number of carbonyl (C=O) groups excluding carboxylic acids is 3. The van der Waals surface area contributed by atoms with Crippen molar-refractivity contribution < 1.29 is 24.2 Å². The molecule has 5 rings (SSSR count). The molecule has 3 fully saturated rings. The number of benzene rings is 2. The zero-order chi connectivity index (χ0) is 24.1. The third-order valence-corrected chi connectivity index (χ3v) is 8.03. The normalized spacial score (nSPS) is 31.7. The van der Waals surface area contributed by atoms with Crippen LogP contribution in [0.3, 0.4) is 0 Å². The van der Waals surface area contributed by atoms with Crippen LogP contribution in [-0.4, -0.2) is 65.2 Å². The van der Waals surface area contributed by atoms with Crippen molar-refractivity contribution in [1.29, 1.82) is 0 Å². The molecule has 3 N–H and O–H groups in total. The minimum Gasteiger partial charge on any atom is -0.396 e. The van der Waals surface area contributed by atoms with Gasteiger partial charge >= 0.3 is 0 Å². The van der Waals surface area contributed by atoms with Gasteiger partial charge in [0.05, 0.1) is 17.4 Å². The molecule has 3 amide bonds. The van der Waals surface area contributed by atoms with E-state index in [2.05, 4.69) is 10.6 Å². The number of carbonyl (C=O) groups is 3. The van der Waals surface area contributed by atoms with E-state index in [1.807, 2.05) is 49.4 Å². The van der Waals surface area contributed by atoms with Gasteiger partial charge in [0.15, 0.2) is 0 Å². The van der Waals surface area contributed by atoms with Crippen LogP contribution in [0.15, 0.2) is 42.5 Å². The van der Waals surface area contributed by atoms with Gasteiger partial charge in [0.1, 0.15) is 11.6 Å². The minimum absolute atomic E-state index is 0.0981. The summed E-state index contributed by atoms with van der Waals surface area (Å²) in [4.78, 5) is 42.0. The first-order valence-electron chi connectivity index (χ1n) is 12.0. The maximum Gasteiger partial charge on any atom is 0.250 e. The second kappa shape index (κ2) is 8.36. The van der Waals surface area contributed by atoms with Crippen LogP contribution in [-0.2, 0) is 19.1 Å². The van der Waals surface area contributed by atoms with Gasteiger partial charge < -0.3 is 25.4 Å². The van der Waals surface area contributed by atoms with Gasteiger partial charge in [-0.2, -0.15) is 0 Å². The van der Waals surface area contributed by atoms with Gasteiger partial charge in [-0.05, 0) is 48.6 Å². The van der Waals surface area contributed by atoms with Crippen molar-refractivity contribution in [3.05, 3.63) is 42.5 Å². The molecule has 2 bridgehead atoms. The molecule has 0 aliphatic carbocycles. The number of nitrogens with zero attached hydrogens (tertiary/aromatic N) is 1. The molecule has 8 nitrogen and oxygen atoms in total. The zero-order valence-corrected chi connectivity index (χ0v) is 19.5. The average molecular weight is 466 g/mol. The number of amides is 3. The number of likely N-dealkylation sites (tertiary alicyclic amines) is 1. The fourth-order valence-corrected chi connectivity index (χ4v) is 6.53. The summed E-state index contributed by atoms with van der Waals surface area (Å²) in [7, 11) is 1.57. The number of nitrogens with one attached hydrogen (secondary N) is 2. The summed E-state index contributed by atoms with van der Waals surface area (Å²) < 4.78 is 6.63. The van der Waals surface area contributed by atoms with E-state index in [9.17, 15) is 19.5 Å². The third-order valence-electron chi connectivity index (χ3n) is 8.03. The monoisotopic (exact) mass is 465 g/mol. The summed E-state index contributed by atoms with van der Waals surface area (Å²) in [5.41, 5.74) is -1.16. The molecule has 2 unspecified atom stereocenters. The molecule has 0 radical (unpaired) electrons. The van der Waals surface area contributed by atoms with E-state index in [0.29, 0.717) is 31.4 Å². The number of hydrogen-bond donors (Lipinski definition) is 3. The molecule has 5 atom stereocenters.